The number of amides is 1. The van der Waals surface area contributed by atoms with Gasteiger partial charge in [-0.25, -0.2) is 9.48 Å². The molecule has 1 atom stereocenters. The van der Waals surface area contributed by atoms with Gasteiger partial charge in [0.05, 0.1) is 11.6 Å². The fraction of sp³-hybridized carbons (Fsp3) is 0.292. The maximum absolute atomic E-state index is 13.9. The smallest absolute Gasteiger partial charge is 0.436 e. The molecule has 4 rings (SSSR count). The number of rotatable bonds is 6. The summed E-state index contributed by atoms with van der Waals surface area (Å²) in [5.74, 6) is -1.91. The van der Waals surface area contributed by atoms with E-state index in [9.17, 15) is 22.8 Å². The third kappa shape index (κ3) is 5.27. The topological polar surface area (TPSA) is 87.5 Å². The molecule has 2 aromatic carbocycles. The first kappa shape index (κ1) is 24.6. The van der Waals surface area contributed by atoms with Crippen LogP contribution in [-0.2, 0) is 19.3 Å². The predicted molar refractivity (Wildman–Crippen MR) is 124 cm³/mol. The first-order chi connectivity index (χ1) is 16.5. The molecule has 1 aliphatic heterocycles. The lowest BCUT2D eigenvalue weighted by atomic mass is 10.0. The van der Waals surface area contributed by atoms with Crippen LogP contribution in [-0.4, -0.2) is 33.3 Å². The normalized spacial score (nSPS) is 14.4. The lowest BCUT2D eigenvalue weighted by Gasteiger charge is -2.30. The van der Waals surface area contributed by atoms with Crippen LogP contribution < -0.4 is 10.2 Å². The summed E-state index contributed by atoms with van der Waals surface area (Å²) >= 11 is 6.07. The molecule has 11 heteroatoms. The van der Waals surface area contributed by atoms with Gasteiger partial charge in [0.1, 0.15) is 11.4 Å². The third-order valence-corrected chi connectivity index (χ3v) is 6.02. The van der Waals surface area contributed by atoms with E-state index in [1.165, 1.54) is 28.9 Å². The summed E-state index contributed by atoms with van der Waals surface area (Å²) in [4.78, 5) is 26.0. The molecule has 1 unspecified atom stereocenters. The van der Waals surface area contributed by atoms with E-state index in [0.29, 0.717) is 23.6 Å². The molecule has 0 aliphatic carbocycles. The van der Waals surface area contributed by atoms with Crippen molar-refractivity contribution < 1.29 is 27.9 Å². The van der Waals surface area contributed by atoms with Gasteiger partial charge in [-0.15, -0.1) is 0 Å². The average Bonchev–Trinajstić information content (AvgIpc) is 3.21. The van der Waals surface area contributed by atoms with Crippen molar-refractivity contribution in [1.29, 1.82) is 0 Å². The molecule has 0 spiro atoms. The number of carboxylic acid groups (broad SMARTS) is 1. The second-order valence-electron chi connectivity index (χ2n) is 8.30. The Kier molecular flexibility index (Phi) is 6.75. The van der Waals surface area contributed by atoms with Crippen LogP contribution in [0.25, 0.3) is 0 Å². The monoisotopic (exact) mass is 506 g/mol. The minimum atomic E-state index is -4.83. The Labute approximate surface area is 204 Å². The lowest BCUT2D eigenvalue weighted by Crippen LogP contribution is -2.35. The van der Waals surface area contributed by atoms with Crippen LogP contribution in [0.4, 0.5) is 19.0 Å². The minimum Gasteiger partial charge on any atom is -0.478 e. The molecule has 2 heterocycles. The van der Waals surface area contributed by atoms with Gasteiger partial charge >= 0.3 is 12.1 Å². The number of benzene rings is 2. The van der Waals surface area contributed by atoms with Gasteiger partial charge in [-0.05, 0) is 48.7 Å². The molecule has 0 radical (unpaired) electrons. The highest BCUT2D eigenvalue weighted by molar-refractivity contribution is 6.30. The second-order valence-corrected chi connectivity index (χ2v) is 8.73. The van der Waals surface area contributed by atoms with E-state index in [0.717, 1.165) is 5.56 Å². The molecule has 1 aromatic heterocycles. The molecule has 35 heavy (non-hydrogen) atoms. The Morgan fingerprint density at radius 3 is 2.51 bits per heavy atom. The zero-order valence-corrected chi connectivity index (χ0v) is 19.4. The van der Waals surface area contributed by atoms with Gasteiger partial charge in [0.2, 0.25) is 0 Å². The van der Waals surface area contributed by atoms with Gasteiger partial charge in [-0.2, -0.15) is 18.3 Å². The molecule has 0 bridgehead atoms. The van der Waals surface area contributed by atoms with E-state index >= 15 is 0 Å². The van der Waals surface area contributed by atoms with E-state index in [2.05, 4.69) is 10.4 Å². The predicted octanol–water partition coefficient (Wildman–Crippen LogP) is 5.15. The van der Waals surface area contributed by atoms with Crippen molar-refractivity contribution in [2.75, 3.05) is 11.4 Å². The number of fused-ring (bicyclic) bond motifs is 1. The molecule has 1 aliphatic rings. The highest BCUT2D eigenvalue weighted by atomic mass is 35.5. The average molecular weight is 507 g/mol. The Balaban J connectivity index is 1.68. The number of aryl methyl sites for hydroxylation is 1. The number of aromatic carboxylic acids is 1. The number of hydrogen-bond acceptors (Lipinski definition) is 4. The Bertz CT molecular complexity index is 1260. The van der Waals surface area contributed by atoms with Gasteiger partial charge in [0, 0.05) is 24.7 Å². The van der Waals surface area contributed by atoms with Crippen molar-refractivity contribution in [3.63, 3.8) is 0 Å². The van der Waals surface area contributed by atoms with Crippen LogP contribution in [0, 0.1) is 0 Å². The summed E-state index contributed by atoms with van der Waals surface area (Å²) in [6, 6.07) is 12.1. The van der Waals surface area contributed by atoms with Crippen LogP contribution >= 0.6 is 11.6 Å². The summed E-state index contributed by atoms with van der Waals surface area (Å²) in [5, 5.41) is 15.9. The van der Waals surface area contributed by atoms with Crippen LogP contribution in [0.15, 0.2) is 48.5 Å². The molecular formula is C24H22ClF3N4O3. The fourth-order valence-electron chi connectivity index (χ4n) is 4.13. The number of hydrogen-bond donors (Lipinski definition) is 2. The van der Waals surface area contributed by atoms with E-state index in [1.54, 1.807) is 30.0 Å². The van der Waals surface area contributed by atoms with E-state index < -0.39 is 35.4 Å². The largest absolute Gasteiger partial charge is 0.478 e. The molecule has 2 N–H and O–H groups in total. The van der Waals surface area contributed by atoms with Crippen LogP contribution in [0.2, 0.25) is 5.02 Å². The van der Waals surface area contributed by atoms with Crippen molar-refractivity contribution in [1.82, 2.24) is 15.1 Å². The number of carbonyl (C=O) groups is 2. The van der Waals surface area contributed by atoms with Crippen LogP contribution in [0.3, 0.4) is 0 Å². The fourth-order valence-corrected chi connectivity index (χ4v) is 4.34. The van der Waals surface area contributed by atoms with E-state index in [1.807, 2.05) is 6.07 Å². The highest BCUT2D eigenvalue weighted by Crippen LogP contribution is 2.38. The highest BCUT2D eigenvalue weighted by Gasteiger charge is 2.43. The van der Waals surface area contributed by atoms with Crippen molar-refractivity contribution in [3.8, 4) is 0 Å². The van der Waals surface area contributed by atoms with Crippen molar-refractivity contribution in [3.05, 3.63) is 81.5 Å². The quantitative estimate of drug-likeness (QED) is 0.482. The lowest BCUT2D eigenvalue weighted by molar-refractivity contribution is -0.141. The minimum absolute atomic E-state index is 0.0639. The molecule has 0 saturated heterocycles. The van der Waals surface area contributed by atoms with Crippen LogP contribution in [0.1, 0.15) is 56.9 Å². The number of halogens is 4. The van der Waals surface area contributed by atoms with Gasteiger partial charge in [-0.1, -0.05) is 35.9 Å². The van der Waals surface area contributed by atoms with Crippen molar-refractivity contribution in [2.24, 2.45) is 0 Å². The summed E-state index contributed by atoms with van der Waals surface area (Å²) in [7, 11) is 0. The maximum atomic E-state index is 13.9. The molecule has 1 amide bonds. The molecular weight excluding hydrogens is 485 g/mol. The standard InChI is InChI=1S/C24H22ClF3N4O3/c1-14(16-6-8-17(9-7-16)23(34)35)29-21(33)19-20(24(26,27)28)30-32-11-3-10-31(22(19)32)13-15-4-2-5-18(25)12-15/h2,4-9,12,14H,3,10-11,13H2,1H3,(H,29,33)(H,34,35). The summed E-state index contributed by atoms with van der Waals surface area (Å²) < 4.78 is 43.0. The van der Waals surface area contributed by atoms with E-state index in [-0.39, 0.29) is 24.5 Å². The van der Waals surface area contributed by atoms with Crippen molar-refractivity contribution >= 4 is 29.3 Å². The van der Waals surface area contributed by atoms with Gasteiger partial charge in [0.15, 0.2) is 5.69 Å². The zero-order valence-electron chi connectivity index (χ0n) is 18.6. The Hall–Kier alpha value is -3.53. The van der Waals surface area contributed by atoms with Gasteiger partial charge in [0.25, 0.3) is 5.91 Å². The molecule has 3 aromatic rings. The number of nitrogens with one attached hydrogen (secondary N) is 1. The summed E-state index contributed by atoms with van der Waals surface area (Å²) in [6.07, 6.45) is -4.26. The number of anilines is 1. The number of nitrogens with zero attached hydrogens (tertiary/aromatic N) is 3. The second kappa shape index (κ2) is 9.61. The molecule has 184 valence electrons. The van der Waals surface area contributed by atoms with Gasteiger partial charge < -0.3 is 15.3 Å². The number of aromatic nitrogens is 2. The SMILES string of the molecule is CC(NC(=O)c1c(C(F)(F)F)nn2c1N(Cc1cccc(Cl)c1)CCC2)c1ccc(C(=O)O)cc1. The maximum Gasteiger partial charge on any atom is 0.436 e. The number of alkyl halides is 3. The Morgan fingerprint density at radius 1 is 1.17 bits per heavy atom. The third-order valence-electron chi connectivity index (χ3n) is 5.79. The zero-order chi connectivity index (χ0) is 25.3. The van der Waals surface area contributed by atoms with E-state index in [4.69, 9.17) is 16.7 Å². The van der Waals surface area contributed by atoms with Crippen LogP contribution in [0.5, 0.6) is 0 Å². The summed E-state index contributed by atoms with van der Waals surface area (Å²) in [6.45, 7) is 2.57. The number of carboxylic acids is 1. The Morgan fingerprint density at radius 2 is 1.89 bits per heavy atom. The summed E-state index contributed by atoms with van der Waals surface area (Å²) in [5.41, 5.74) is -0.369. The number of carbonyl (C=O) groups excluding carboxylic acids is 1. The molecule has 0 fully saturated rings. The molecule has 7 nitrogen and oxygen atoms in total. The first-order valence-electron chi connectivity index (χ1n) is 10.9. The molecule has 0 saturated carbocycles. The van der Waals surface area contributed by atoms with Gasteiger partial charge in [-0.3, -0.25) is 4.79 Å². The first-order valence-corrected chi connectivity index (χ1v) is 11.2. The van der Waals surface area contributed by atoms with Crippen molar-refractivity contribution in [2.45, 2.75) is 38.7 Å².